The van der Waals surface area contributed by atoms with Crippen molar-refractivity contribution in [1.29, 1.82) is 0 Å². The summed E-state index contributed by atoms with van der Waals surface area (Å²) in [5.41, 5.74) is 5.22. The molecule has 0 aliphatic carbocycles. The monoisotopic (exact) mass is 486 g/mol. The molecule has 4 rings (SSSR count). The first kappa shape index (κ1) is 24.0. The van der Waals surface area contributed by atoms with Crippen molar-refractivity contribution in [2.75, 3.05) is 16.6 Å². The van der Waals surface area contributed by atoms with Crippen LogP contribution >= 0.6 is 0 Å². The maximum absolute atomic E-state index is 12.7. The fourth-order valence-corrected chi connectivity index (χ4v) is 4.51. The van der Waals surface area contributed by atoms with E-state index in [0.29, 0.717) is 17.1 Å². The van der Waals surface area contributed by atoms with E-state index in [1.165, 1.54) is 12.1 Å². The molecule has 0 saturated heterocycles. The molecule has 4 aromatic carbocycles. The van der Waals surface area contributed by atoms with Gasteiger partial charge in [-0.2, -0.15) is 0 Å². The van der Waals surface area contributed by atoms with Crippen molar-refractivity contribution < 1.29 is 17.9 Å². The molecule has 1 amide bonds. The fourth-order valence-electron chi connectivity index (χ4n) is 3.46. The number of benzene rings is 4. The van der Waals surface area contributed by atoms with Gasteiger partial charge in [0.2, 0.25) is 0 Å². The highest BCUT2D eigenvalue weighted by molar-refractivity contribution is 7.92. The molecule has 0 bridgehead atoms. The van der Waals surface area contributed by atoms with Crippen molar-refractivity contribution in [3.8, 4) is 16.9 Å². The van der Waals surface area contributed by atoms with Crippen molar-refractivity contribution in [3.05, 3.63) is 108 Å². The van der Waals surface area contributed by atoms with Crippen LogP contribution < -0.4 is 14.8 Å². The quantitative estimate of drug-likeness (QED) is 0.330. The molecule has 0 heterocycles. The van der Waals surface area contributed by atoms with Gasteiger partial charge >= 0.3 is 0 Å². The Morgan fingerprint density at radius 2 is 1.37 bits per heavy atom. The Bertz CT molecular complexity index is 1420. The Hall–Kier alpha value is -4.10. The number of carbonyl (C=O) groups is 1. The molecular formula is C28H26N2O4S. The van der Waals surface area contributed by atoms with Crippen LogP contribution in [0, 0.1) is 13.8 Å². The van der Waals surface area contributed by atoms with Crippen LogP contribution in [0.3, 0.4) is 0 Å². The van der Waals surface area contributed by atoms with Crippen LogP contribution in [0.1, 0.15) is 11.1 Å². The lowest BCUT2D eigenvalue weighted by molar-refractivity contribution is -0.118. The maximum Gasteiger partial charge on any atom is 0.262 e. The van der Waals surface area contributed by atoms with Crippen molar-refractivity contribution >= 4 is 27.3 Å². The summed E-state index contributed by atoms with van der Waals surface area (Å²) in [7, 11) is -3.75. The van der Waals surface area contributed by atoms with Gasteiger partial charge in [-0.1, -0.05) is 48.5 Å². The summed E-state index contributed by atoms with van der Waals surface area (Å²) in [5, 5.41) is 2.71. The molecule has 0 spiro atoms. The molecule has 0 aliphatic heterocycles. The highest BCUT2D eigenvalue weighted by Crippen LogP contribution is 2.23. The number of hydrogen-bond donors (Lipinski definition) is 2. The summed E-state index contributed by atoms with van der Waals surface area (Å²) < 4.78 is 33.5. The highest BCUT2D eigenvalue weighted by Gasteiger charge is 2.15. The molecule has 4 aromatic rings. The Kier molecular flexibility index (Phi) is 7.17. The largest absolute Gasteiger partial charge is 0.484 e. The van der Waals surface area contributed by atoms with E-state index < -0.39 is 10.0 Å². The average molecular weight is 487 g/mol. The van der Waals surface area contributed by atoms with Crippen molar-refractivity contribution in [3.63, 3.8) is 0 Å². The van der Waals surface area contributed by atoms with Crippen LogP contribution in [0.4, 0.5) is 11.4 Å². The maximum atomic E-state index is 12.7. The molecule has 0 atom stereocenters. The highest BCUT2D eigenvalue weighted by atomic mass is 32.2. The smallest absolute Gasteiger partial charge is 0.262 e. The van der Waals surface area contributed by atoms with E-state index >= 15 is 0 Å². The van der Waals surface area contributed by atoms with Gasteiger partial charge in [-0.25, -0.2) is 8.42 Å². The van der Waals surface area contributed by atoms with Gasteiger partial charge in [0.15, 0.2) is 6.61 Å². The lowest BCUT2D eigenvalue weighted by Gasteiger charge is -2.11. The minimum absolute atomic E-state index is 0.100. The van der Waals surface area contributed by atoms with Crippen LogP contribution in [0.2, 0.25) is 0 Å². The summed E-state index contributed by atoms with van der Waals surface area (Å²) in [4.78, 5) is 12.4. The molecule has 0 radical (unpaired) electrons. The molecule has 35 heavy (non-hydrogen) atoms. The van der Waals surface area contributed by atoms with Crippen molar-refractivity contribution in [2.45, 2.75) is 18.7 Å². The van der Waals surface area contributed by atoms with E-state index in [1.807, 2.05) is 74.5 Å². The van der Waals surface area contributed by atoms with E-state index in [-0.39, 0.29) is 17.4 Å². The zero-order valence-electron chi connectivity index (χ0n) is 19.5. The summed E-state index contributed by atoms with van der Waals surface area (Å²) in [6.45, 7) is 3.72. The minimum atomic E-state index is -3.75. The van der Waals surface area contributed by atoms with E-state index in [9.17, 15) is 13.2 Å². The first-order valence-corrected chi connectivity index (χ1v) is 12.6. The second-order valence-corrected chi connectivity index (χ2v) is 9.84. The Morgan fingerprint density at radius 1 is 0.743 bits per heavy atom. The number of anilines is 2. The van der Waals surface area contributed by atoms with Crippen molar-refractivity contribution in [1.82, 2.24) is 0 Å². The van der Waals surface area contributed by atoms with E-state index in [1.54, 1.807) is 24.3 Å². The molecule has 7 heteroatoms. The summed E-state index contributed by atoms with van der Waals surface area (Å²) in [6.07, 6.45) is 0. The summed E-state index contributed by atoms with van der Waals surface area (Å²) in [6, 6.07) is 28.9. The third-order valence-electron chi connectivity index (χ3n) is 5.54. The van der Waals surface area contributed by atoms with Crippen LogP contribution in [0.5, 0.6) is 5.75 Å². The Morgan fingerprint density at radius 3 is 2.03 bits per heavy atom. The second-order valence-electron chi connectivity index (χ2n) is 8.16. The van der Waals surface area contributed by atoms with Gasteiger partial charge in [-0.3, -0.25) is 9.52 Å². The molecule has 0 unspecified atom stereocenters. The van der Waals surface area contributed by atoms with Gasteiger partial charge in [0, 0.05) is 11.4 Å². The molecule has 2 N–H and O–H groups in total. The lowest BCUT2D eigenvalue weighted by atomic mass is 10.1. The lowest BCUT2D eigenvalue weighted by Crippen LogP contribution is -2.20. The summed E-state index contributed by atoms with van der Waals surface area (Å²) >= 11 is 0. The number of sulfonamides is 1. The van der Waals surface area contributed by atoms with E-state index in [2.05, 4.69) is 10.0 Å². The Balaban J connectivity index is 1.31. The number of nitrogens with one attached hydrogen (secondary N) is 2. The predicted molar refractivity (Wildman–Crippen MR) is 139 cm³/mol. The number of ether oxygens (including phenoxy) is 1. The summed E-state index contributed by atoms with van der Waals surface area (Å²) in [5.74, 6) is 0.236. The fraction of sp³-hybridized carbons (Fsp3) is 0.107. The molecule has 178 valence electrons. The average Bonchev–Trinajstić information content (AvgIpc) is 2.86. The number of hydrogen-bond acceptors (Lipinski definition) is 4. The third kappa shape index (κ3) is 6.28. The van der Waals surface area contributed by atoms with Gasteiger partial charge < -0.3 is 10.1 Å². The molecular weight excluding hydrogens is 460 g/mol. The van der Waals surface area contributed by atoms with Gasteiger partial charge in [-0.05, 0) is 84.6 Å². The zero-order valence-corrected chi connectivity index (χ0v) is 20.3. The standard InChI is InChI=1S/C28H26N2O4S/c1-20-8-11-25(18-21(20)2)30-35(32,33)27-16-12-24(13-17-27)29-28(31)19-34-26-14-9-23(10-15-26)22-6-4-3-5-7-22/h3-18,30H,19H2,1-2H3,(H,29,31). The topological polar surface area (TPSA) is 84.5 Å². The molecule has 0 fully saturated rings. The van der Waals surface area contributed by atoms with Crippen LogP contribution in [-0.2, 0) is 14.8 Å². The van der Waals surface area contributed by atoms with E-state index in [4.69, 9.17) is 4.74 Å². The first-order valence-electron chi connectivity index (χ1n) is 11.1. The van der Waals surface area contributed by atoms with Gasteiger partial charge in [0.05, 0.1) is 4.90 Å². The molecule has 0 saturated carbocycles. The predicted octanol–water partition coefficient (Wildman–Crippen LogP) is 5.79. The third-order valence-corrected chi connectivity index (χ3v) is 6.94. The van der Waals surface area contributed by atoms with E-state index in [0.717, 1.165) is 22.3 Å². The van der Waals surface area contributed by atoms with Gasteiger partial charge in [0.25, 0.3) is 15.9 Å². The number of amides is 1. The number of carbonyl (C=O) groups excluding carboxylic acids is 1. The number of rotatable bonds is 8. The molecule has 0 aromatic heterocycles. The zero-order chi connectivity index (χ0) is 24.8. The minimum Gasteiger partial charge on any atom is -0.484 e. The van der Waals surface area contributed by atoms with Crippen LogP contribution in [0.25, 0.3) is 11.1 Å². The van der Waals surface area contributed by atoms with Crippen LogP contribution in [-0.4, -0.2) is 20.9 Å². The molecule has 0 aliphatic rings. The van der Waals surface area contributed by atoms with Crippen molar-refractivity contribution in [2.24, 2.45) is 0 Å². The normalized spacial score (nSPS) is 11.0. The van der Waals surface area contributed by atoms with Gasteiger partial charge in [0.1, 0.15) is 5.75 Å². The first-order chi connectivity index (χ1) is 16.8. The van der Waals surface area contributed by atoms with Crippen LogP contribution in [0.15, 0.2) is 102 Å². The SMILES string of the molecule is Cc1ccc(NS(=O)(=O)c2ccc(NC(=O)COc3ccc(-c4ccccc4)cc3)cc2)cc1C. The second kappa shape index (κ2) is 10.4. The Labute approximate surface area is 205 Å². The molecule has 6 nitrogen and oxygen atoms in total. The number of aryl methyl sites for hydroxylation is 2. The van der Waals surface area contributed by atoms with Gasteiger partial charge in [-0.15, -0.1) is 0 Å².